The van der Waals surface area contributed by atoms with Gasteiger partial charge in [0.05, 0.1) is 21.3 Å². The monoisotopic (exact) mass is 388 g/mol. The Morgan fingerprint density at radius 3 is 1.72 bits per heavy atom. The Balaban J connectivity index is 2.05. The number of hydrogen-bond donors (Lipinski definition) is 0. The van der Waals surface area contributed by atoms with Crippen LogP contribution in [0.3, 0.4) is 0 Å². The molecule has 146 valence electrons. The molecule has 4 rings (SSSR count). The van der Waals surface area contributed by atoms with Gasteiger partial charge in [0.2, 0.25) is 0 Å². The molecule has 5 heteroatoms. The van der Waals surface area contributed by atoms with Crippen molar-refractivity contribution in [3.8, 4) is 17.2 Å². The molecule has 0 heterocycles. The van der Waals surface area contributed by atoms with Gasteiger partial charge in [-0.25, -0.2) is 0 Å². The molecule has 0 bridgehead atoms. The van der Waals surface area contributed by atoms with E-state index in [-0.39, 0.29) is 11.6 Å². The molecule has 0 aromatic heterocycles. The first kappa shape index (κ1) is 18.7. The maximum atomic E-state index is 13.8. The van der Waals surface area contributed by atoms with E-state index < -0.39 is 5.41 Å². The molecule has 0 radical (unpaired) electrons. The highest BCUT2D eigenvalue weighted by molar-refractivity contribution is 6.35. The van der Waals surface area contributed by atoms with E-state index in [9.17, 15) is 9.59 Å². The Morgan fingerprint density at radius 1 is 0.655 bits per heavy atom. The van der Waals surface area contributed by atoms with Crippen LogP contribution >= 0.6 is 0 Å². The van der Waals surface area contributed by atoms with Crippen LogP contribution in [0.5, 0.6) is 17.2 Å². The number of ketones is 2. The third-order valence-electron chi connectivity index (χ3n) is 5.43. The van der Waals surface area contributed by atoms with Crippen molar-refractivity contribution in [1.82, 2.24) is 0 Å². The van der Waals surface area contributed by atoms with E-state index in [1.54, 1.807) is 80.9 Å². The molecule has 0 spiro atoms. The molecule has 3 aromatic rings. The van der Waals surface area contributed by atoms with Gasteiger partial charge in [0.15, 0.2) is 11.6 Å². The number of benzene rings is 3. The first-order valence-corrected chi connectivity index (χ1v) is 9.13. The Hall–Kier alpha value is -3.60. The van der Waals surface area contributed by atoms with Crippen molar-refractivity contribution < 1.29 is 23.8 Å². The second-order valence-electron chi connectivity index (χ2n) is 6.75. The maximum absolute atomic E-state index is 13.8. The van der Waals surface area contributed by atoms with Crippen LogP contribution in [0.2, 0.25) is 0 Å². The standard InChI is InChI=1S/C24H20O5/c1-27-16-10-8-15(9-11-16)24(20-13-12-17(28-2)14-21(20)29-3)22(25)18-6-4-5-7-19(18)23(24)26/h4-14H,1-3H3. The van der Waals surface area contributed by atoms with Gasteiger partial charge in [0.25, 0.3) is 0 Å². The summed E-state index contributed by atoms with van der Waals surface area (Å²) in [7, 11) is 4.63. The minimum atomic E-state index is -1.53. The van der Waals surface area contributed by atoms with E-state index in [4.69, 9.17) is 14.2 Å². The lowest BCUT2D eigenvalue weighted by atomic mass is 9.70. The minimum Gasteiger partial charge on any atom is -0.497 e. The van der Waals surface area contributed by atoms with Gasteiger partial charge in [-0.15, -0.1) is 0 Å². The zero-order valence-electron chi connectivity index (χ0n) is 16.4. The first-order valence-electron chi connectivity index (χ1n) is 9.13. The fourth-order valence-corrected chi connectivity index (χ4v) is 4.00. The second-order valence-corrected chi connectivity index (χ2v) is 6.75. The van der Waals surface area contributed by atoms with Gasteiger partial charge in [0.1, 0.15) is 22.7 Å². The lowest BCUT2D eigenvalue weighted by molar-refractivity contribution is 0.0826. The van der Waals surface area contributed by atoms with Crippen molar-refractivity contribution >= 4 is 11.6 Å². The Labute approximate surface area is 168 Å². The van der Waals surface area contributed by atoms with Crippen LogP contribution in [0, 0.1) is 0 Å². The van der Waals surface area contributed by atoms with Gasteiger partial charge in [-0.1, -0.05) is 36.4 Å². The molecular formula is C24H20O5. The average Bonchev–Trinajstić information content (AvgIpc) is 3.01. The van der Waals surface area contributed by atoms with Crippen molar-refractivity contribution in [3.63, 3.8) is 0 Å². The van der Waals surface area contributed by atoms with Crippen LogP contribution in [0.25, 0.3) is 0 Å². The number of carbonyl (C=O) groups excluding carboxylic acids is 2. The SMILES string of the molecule is COc1ccc(C2(c3ccc(OC)cc3OC)C(=O)c3ccccc3C2=O)cc1. The van der Waals surface area contributed by atoms with Crippen LogP contribution < -0.4 is 14.2 Å². The zero-order valence-corrected chi connectivity index (χ0v) is 16.4. The summed E-state index contributed by atoms with van der Waals surface area (Å²) in [6.07, 6.45) is 0. The van der Waals surface area contributed by atoms with Crippen molar-refractivity contribution in [3.05, 3.63) is 89.0 Å². The lowest BCUT2D eigenvalue weighted by Crippen LogP contribution is -2.40. The van der Waals surface area contributed by atoms with E-state index in [0.717, 1.165) is 0 Å². The summed E-state index contributed by atoms with van der Waals surface area (Å²) in [6.45, 7) is 0. The summed E-state index contributed by atoms with van der Waals surface area (Å²) in [6, 6.07) is 19.1. The number of ether oxygens (including phenoxy) is 3. The average molecular weight is 388 g/mol. The summed E-state index contributed by atoms with van der Waals surface area (Å²) < 4.78 is 16.1. The zero-order chi connectivity index (χ0) is 20.6. The number of fused-ring (bicyclic) bond motifs is 1. The number of methoxy groups -OCH3 is 3. The van der Waals surface area contributed by atoms with Gasteiger partial charge in [0, 0.05) is 22.8 Å². The third-order valence-corrected chi connectivity index (χ3v) is 5.43. The second kappa shape index (κ2) is 7.09. The van der Waals surface area contributed by atoms with Crippen molar-refractivity contribution in [1.29, 1.82) is 0 Å². The molecule has 0 saturated heterocycles. The molecule has 0 unspecified atom stereocenters. The molecule has 1 aliphatic rings. The predicted octanol–water partition coefficient (Wildman–Crippen LogP) is 4.08. The van der Waals surface area contributed by atoms with E-state index in [1.165, 1.54) is 7.11 Å². The van der Waals surface area contributed by atoms with Crippen LogP contribution in [0.4, 0.5) is 0 Å². The van der Waals surface area contributed by atoms with Gasteiger partial charge in [-0.2, -0.15) is 0 Å². The van der Waals surface area contributed by atoms with Gasteiger partial charge < -0.3 is 14.2 Å². The normalized spacial score (nSPS) is 14.4. The fourth-order valence-electron chi connectivity index (χ4n) is 4.00. The topological polar surface area (TPSA) is 61.8 Å². The highest BCUT2D eigenvalue weighted by atomic mass is 16.5. The summed E-state index contributed by atoms with van der Waals surface area (Å²) in [4.78, 5) is 27.5. The molecule has 3 aromatic carbocycles. The highest BCUT2D eigenvalue weighted by Crippen LogP contribution is 2.48. The van der Waals surface area contributed by atoms with Crippen LogP contribution in [0.15, 0.2) is 66.7 Å². The predicted molar refractivity (Wildman–Crippen MR) is 108 cm³/mol. The number of Topliss-reactive ketones (excluding diaryl/α,β-unsaturated/α-hetero) is 2. The van der Waals surface area contributed by atoms with Crippen molar-refractivity contribution in [2.45, 2.75) is 5.41 Å². The van der Waals surface area contributed by atoms with E-state index in [2.05, 4.69) is 0 Å². The molecule has 1 aliphatic carbocycles. The molecule has 0 N–H and O–H groups in total. The van der Waals surface area contributed by atoms with Gasteiger partial charge >= 0.3 is 0 Å². The van der Waals surface area contributed by atoms with Gasteiger partial charge in [-0.3, -0.25) is 9.59 Å². The van der Waals surface area contributed by atoms with E-state index in [0.29, 0.717) is 39.5 Å². The largest absolute Gasteiger partial charge is 0.497 e. The fraction of sp³-hybridized carbons (Fsp3) is 0.167. The van der Waals surface area contributed by atoms with E-state index >= 15 is 0 Å². The number of rotatable bonds is 5. The van der Waals surface area contributed by atoms with Crippen molar-refractivity contribution in [2.75, 3.05) is 21.3 Å². The van der Waals surface area contributed by atoms with Crippen molar-refractivity contribution in [2.24, 2.45) is 0 Å². The van der Waals surface area contributed by atoms with Crippen LogP contribution in [0.1, 0.15) is 31.8 Å². The Bertz CT molecular complexity index is 1060. The summed E-state index contributed by atoms with van der Waals surface area (Å²) in [5, 5.41) is 0. The van der Waals surface area contributed by atoms with Gasteiger partial charge in [-0.05, 0) is 29.8 Å². The smallest absolute Gasteiger partial charge is 0.186 e. The molecule has 0 saturated carbocycles. The Morgan fingerprint density at radius 2 is 1.21 bits per heavy atom. The molecule has 0 atom stereocenters. The first-order chi connectivity index (χ1) is 14.1. The molecule has 0 amide bonds. The third kappa shape index (κ3) is 2.62. The molecule has 0 fully saturated rings. The molecule has 0 aliphatic heterocycles. The highest BCUT2D eigenvalue weighted by Gasteiger charge is 2.56. The van der Waals surface area contributed by atoms with Crippen LogP contribution in [-0.4, -0.2) is 32.9 Å². The molecule has 29 heavy (non-hydrogen) atoms. The summed E-state index contributed by atoms with van der Waals surface area (Å²) in [5.41, 5.74) is 0.329. The Kier molecular flexibility index (Phi) is 4.59. The van der Waals surface area contributed by atoms with E-state index in [1.807, 2.05) is 0 Å². The van der Waals surface area contributed by atoms with Crippen LogP contribution in [-0.2, 0) is 5.41 Å². The molecular weight excluding hydrogens is 368 g/mol. The summed E-state index contributed by atoms with van der Waals surface area (Å²) in [5.74, 6) is 1.08. The molecule has 5 nitrogen and oxygen atoms in total. The number of carbonyl (C=O) groups is 2. The quantitative estimate of drug-likeness (QED) is 0.617. The number of hydrogen-bond acceptors (Lipinski definition) is 5. The summed E-state index contributed by atoms with van der Waals surface area (Å²) >= 11 is 0. The maximum Gasteiger partial charge on any atom is 0.186 e. The lowest BCUT2D eigenvalue weighted by Gasteiger charge is -2.29. The minimum absolute atomic E-state index is 0.272.